The number of nitrogens with zero attached hydrogens (tertiary/aromatic N) is 1. The van der Waals surface area contributed by atoms with Crippen molar-refractivity contribution in [3.8, 4) is 5.75 Å². The highest BCUT2D eigenvalue weighted by molar-refractivity contribution is 7.92. The molecule has 2 aromatic rings. The van der Waals surface area contributed by atoms with Gasteiger partial charge in [0.25, 0.3) is 0 Å². The number of ether oxygens (including phenoxy) is 1. The highest BCUT2D eigenvalue weighted by Crippen LogP contribution is 2.23. The molecule has 1 atom stereocenters. The number of nitrogens with one attached hydrogen (secondary N) is 1. The second-order valence-corrected chi connectivity index (χ2v) is 8.22. The summed E-state index contributed by atoms with van der Waals surface area (Å²) in [4.78, 5) is 12.5. The molecule has 6 nitrogen and oxygen atoms in total. The molecule has 0 aliphatic rings. The minimum atomic E-state index is -3.60. The summed E-state index contributed by atoms with van der Waals surface area (Å²) in [6.45, 7) is 3.53. The highest BCUT2D eigenvalue weighted by atomic mass is 32.2. The van der Waals surface area contributed by atoms with E-state index in [1.165, 1.54) is 0 Å². The van der Waals surface area contributed by atoms with Crippen molar-refractivity contribution in [2.24, 2.45) is 0 Å². The van der Waals surface area contributed by atoms with Gasteiger partial charge in [-0.1, -0.05) is 37.3 Å². The van der Waals surface area contributed by atoms with E-state index >= 15 is 0 Å². The molecule has 2 rings (SSSR count). The van der Waals surface area contributed by atoms with Crippen molar-refractivity contribution in [3.05, 3.63) is 59.7 Å². The lowest BCUT2D eigenvalue weighted by molar-refractivity contribution is -0.120. The average Bonchev–Trinajstić information content (AvgIpc) is 2.65. The third-order valence-corrected chi connectivity index (χ3v) is 5.45. The molecule has 0 saturated carbocycles. The van der Waals surface area contributed by atoms with E-state index in [0.29, 0.717) is 12.1 Å². The molecule has 0 aliphatic carbocycles. The van der Waals surface area contributed by atoms with E-state index in [-0.39, 0.29) is 18.5 Å². The van der Waals surface area contributed by atoms with Gasteiger partial charge in [-0.25, -0.2) is 8.42 Å². The van der Waals surface area contributed by atoms with Crippen LogP contribution in [0.15, 0.2) is 48.5 Å². The van der Waals surface area contributed by atoms with Gasteiger partial charge >= 0.3 is 0 Å². The SMILES string of the molecule is CCc1ccccc1N(CC(=O)NC(C)c1ccc(OC)cc1)S(C)(=O)=O. The van der Waals surface area contributed by atoms with Crippen LogP contribution in [-0.2, 0) is 21.2 Å². The molecule has 0 aliphatic heterocycles. The summed E-state index contributed by atoms with van der Waals surface area (Å²) in [7, 11) is -2.01. The highest BCUT2D eigenvalue weighted by Gasteiger charge is 2.23. The van der Waals surface area contributed by atoms with E-state index in [0.717, 1.165) is 27.4 Å². The molecule has 1 unspecified atom stereocenters. The standard InChI is InChI=1S/C20H26N2O4S/c1-5-16-8-6-7-9-19(16)22(27(4,24)25)14-20(23)21-15(2)17-10-12-18(26-3)13-11-17/h6-13,15H,5,14H2,1-4H3,(H,21,23). The maximum absolute atomic E-state index is 12.5. The van der Waals surface area contributed by atoms with Crippen molar-refractivity contribution in [2.45, 2.75) is 26.3 Å². The van der Waals surface area contributed by atoms with Crippen LogP contribution < -0.4 is 14.4 Å². The lowest BCUT2D eigenvalue weighted by Crippen LogP contribution is -2.41. The van der Waals surface area contributed by atoms with Crippen LogP contribution in [0.2, 0.25) is 0 Å². The molecule has 0 bridgehead atoms. The topological polar surface area (TPSA) is 75.7 Å². The number of sulfonamides is 1. The van der Waals surface area contributed by atoms with Gasteiger partial charge in [0, 0.05) is 0 Å². The minimum Gasteiger partial charge on any atom is -0.497 e. The van der Waals surface area contributed by atoms with Gasteiger partial charge < -0.3 is 10.1 Å². The Morgan fingerprint density at radius 1 is 1.15 bits per heavy atom. The molecule has 1 amide bonds. The number of hydrogen-bond donors (Lipinski definition) is 1. The molecule has 0 spiro atoms. The van der Waals surface area contributed by atoms with Crippen LogP contribution in [0.3, 0.4) is 0 Å². The van der Waals surface area contributed by atoms with Crippen LogP contribution >= 0.6 is 0 Å². The number of aryl methyl sites for hydroxylation is 1. The van der Waals surface area contributed by atoms with Crippen LogP contribution in [0.5, 0.6) is 5.75 Å². The van der Waals surface area contributed by atoms with E-state index < -0.39 is 10.0 Å². The second-order valence-electron chi connectivity index (χ2n) is 6.31. The van der Waals surface area contributed by atoms with E-state index in [2.05, 4.69) is 5.32 Å². The van der Waals surface area contributed by atoms with Crippen molar-refractivity contribution in [3.63, 3.8) is 0 Å². The molecule has 0 fully saturated rings. The Hall–Kier alpha value is -2.54. The first-order valence-corrected chi connectivity index (χ1v) is 10.6. The van der Waals surface area contributed by atoms with Crippen molar-refractivity contribution in [1.29, 1.82) is 0 Å². The summed E-state index contributed by atoms with van der Waals surface area (Å²) in [5.41, 5.74) is 2.32. The molecule has 27 heavy (non-hydrogen) atoms. The molecular weight excluding hydrogens is 364 g/mol. The van der Waals surface area contributed by atoms with Crippen molar-refractivity contribution in [2.75, 3.05) is 24.2 Å². The molecular formula is C20H26N2O4S. The summed E-state index contributed by atoms with van der Waals surface area (Å²) in [5, 5.41) is 2.86. The molecule has 7 heteroatoms. The minimum absolute atomic E-state index is 0.258. The van der Waals surface area contributed by atoms with Gasteiger partial charge in [0.05, 0.1) is 25.1 Å². The molecule has 2 aromatic carbocycles. The van der Waals surface area contributed by atoms with Crippen molar-refractivity contribution >= 4 is 21.6 Å². The average molecular weight is 391 g/mol. The van der Waals surface area contributed by atoms with Crippen LogP contribution in [-0.4, -0.2) is 34.2 Å². The Labute approximate surface area is 161 Å². The van der Waals surface area contributed by atoms with Crippen LogP contribution in [0.25, 0.3) is 0 Å². The van der Waals surface area contributed by atoms with Gasteiger partial charge in [-0.2, -0.15) is 0 Å². The lowest BCUT2D eigenvalue weighted by atomic mass is 10.1. The predicted molar refractivity (Wildman–Crippen MR) is 108 cm³/mol. The number of amides is 1. The second kappa shape index (κ2) is 8.90. The van der Waals surface area contributed by atoms with Gasteiger partial charge in [0.1, 0.15) is 12.3 Å². The Kier molecular flexibility index (Phi) is 6.85. The smallest absolute Gasteiger partial charge is 0.241 e. The summed E-state index contributed by atoms with van der Waals surface area (Å²) in [6, 6.07) is 14.3. The molecule has 146 valence electrons. The van der Waals surface area contributed by atoms with Gasteiger partial charge in [-0.3, -0.25) is 9.10 Å². The van der Waals surface area contributed by atoms with Crippen molar-refractivity contribution < 1.29 is 17.9 Å². The molecule has 1 N–H and O–H groups in total. The first-order chi connectivity index (χ1) is 12.8. The summed E-state index contributed by atoms with van der Waals surface area (Å²) < 4.78 is 30.9. The molecule has 0 heterocycles. The summed E-state index contributed by atoms with van der Waals surface area (Å²) in [5.74, 6) is 0.367. The zero-order valence-corrected chi connectivity index (χ0v) is 16.9. The third-order valence-electron chi connectivity index (χ3n) is 4.32. The van der Waals surface area contributed by atoms with Crippen molar-refractivity contribution in [1.82, 2.24) is 5.32 Å². The number of anilines is 1. The van der Waals surface area contributed by atoms with Gasteiger partial charge in [-0.15, -0.1) is 0 Å². The first kappa shape index (κ1) is 20.8. The maximum atomic E-state index is 12.5. The fourth-order valence-electron chi connectivity index (χ4n) is 2.83. The summed E-state index contributed by atoms with van der Waals surface area (Å²) >= 11 is 0. The van der Waals surface area contributed by atoms with Gasteiger partial charge in [0.2, 0.25) is 15.9 Å². The normalized spacial score (nSPS) is 12.3. The number of methoxy groups -OCH3 is 1. The first-order valence-electron chi connectivity index (χ1n) is 8.75. The van der Waals surface area contributed by atoms with E-state index in [1.54, 1.807) is 19.2 Å². The quantitative estimate of drug-likeness (QED) is 0.752. The number of benzene rings is 2. The zero-order valence-electron chi connectivity index (χ0n) is 16.1. The third kappa shape index (κ3) is 5.47. The Morgan fingerprint density at radius 3 is 2.33 bits per heavy atom. The summed E-state index contributed by atoms with van der Waals surface area (Å²) in [6.07, 6.45) is 1.78. The Balaban J connectivity index is 2.16. The van der Waals surface area contributed by atoms with Crippen LogP contribution in [0.1, 0.15) is 31.0 Å². The van der Waals surface area contributed by atoms with E-state index in [1.807, 2.05) is 50.2 Å². The van der Waals surface area contributed by atoms with E-state index in [4.69, 9.17) is 4.74 Å². The fourth-order valence-corrected chi connectivity index (χ4v) is 3.71. The van der Waals surface area contributed by atoms with E-state index in [9.17, 15) is 13.2 Å². The number of carbonyl (C=O) groups is 1. The maximum Gasteiger partial charge on any atom is 0.241 e. The predicted octanol–water partition coefficient (Wildman–Crippen LogP) is 2.90. The number of para-hydroxylation sites is 1. The largest absolute Gasteiger partial charge is 0.497 e. The Morgan fingerprint density at radius 2 is 1.78 bits per heavy atom. The monoisotopic (exact) mass is 390 g/mol. The number of carbonyl (C=O) groups excluding carboxylic acids is 1. The molecule has 0 radical (unpaired) electrons. The molecule has 0 saturated heterocycles. The van der Waals surface area contributed by atoms with Gasteiger partial charge in [0.15, 0.2) is 0 Å². The van der Waals surface area contributed by atoms with Gasteiger partial charge in [-0.05, 0) is 42.7 Å². The molecule has 0 aromatic heterocycles. The number of hydrogen-bond acceptors (Lipinski definition) is 4. The van der Waals surface area contributed by atoms with Crippen LogP contribution in [0, 0.1) is 0 Å². The fraction of sp³-hybridized carbons (Fsp3) is 0.350. The van der Waals surface area contributed by atoms with Crippen LogP contribution in [0.4, 0.5) is 5.69 Å². The lowest BCUT2D eigenvalue weighted by Gasteiger charge is -2.25. The Bertz CT molecular complexity index is 879. The number of rotatable bonds is 8. The zero-order chi connectivity index (χ0) is 20.0.